The van der Waals surface area contributed by atoms with E-state index in [-0.39, 0.29) is 65.2 Å². The smallest absolute Gasteiger partial charge is 0.405 e. The normalized spacial score (nSPS) is 22.6. The van der Waals surface area contributed by atoms with Crippen molar-refractivity contribution >= 4 is 46.5 Å². The highest BCUT2D eigenvalue weighted by Crippen LogP contribution is 2.43. The highest BCUT2D eigenvalue weighted by molar-refractivity contribution is 6.40. The fourth-order valence-corrected chi connectivity index (χ4v) is 7.99. The van der Waals surface area contributed by atoms with Crippen LogP contribution in [0.25, 0.3) is 11.1 Å². The molecule has 1 N–H and O–H groups in total. The number of fused-ring (bicyclic) bond motifs is 3. The molecular formula is C34H32Cl2F4N4O5. The Labute approximate surface area is 289 Å². The van der Waals surface area contributed by atoms with Crippen LogP contribution in [0.2, 0.25) is 10.0 Å². The van der Waals surface area contributed by atoms with E-state index >= 15 is 4.39 Å². The molecule has 3 atom stereocenters. The molecule has 3 unspecified atom stereocenters. The first-order valence-electron chi connectivity index (χ1n) is 15.8. The minimum Gasteiger partial charge on any atom is -0.478 e. The number of hydrogen-bond acceptors (Lipinski definition) is 7. The molecule has 4 aliphatic heterocycles. The van der Waals surface area contributed by atoms with Crippen molar-refractivity contribution in [1.29, 1.82) is 0 Å². The minimum atomic E-state index is -4.42. The molecule has 4 aliphatic rings. The van der Waals surface area contributed by atoms with Gasteiger partial charge in [0.05, 0.1) is 58.7 Å². The minimum absolute atomic E-state index is 0.0123. The van der Waals surface area contributed by atoms with Gasteiger partial charge in [-0.05, 0) is 44.2 Å². The molecule has 0 spiro atoms. The van der Waals surface area contributed by atoms with Gasteiger partial charge in [-0.15, -0.1) is 0 Å². The second-order valence-electron chi connectivity index (χ2n) is 12.8. The molecule has 260 valence electrons. The van der Waals surface area contributed by atoms with Crippen LogP contribution in [0.3, 0.4) is 0 Å². The molecule has 0 aliphatic carbocycles. The SMILES string of the molecule is CN1CCN(c2cc(Cl)c(C(=O)N3COc4c(cccc4-c4cc(N5C6CCC5COC6)c(C(=O)O)cc4F)C3)c(Cl)c2)CC1C(F)(F)F. The third-order valence-corrected chi connectivity index (χ3v) is 10.5. The number of benzene rings is 3. The molecule has 3 fully saturated rings. The Bertz CT molecular complexity index is 1790. The van der Waals surface area contributed by atoms with E-state index in [1.165, 1.54) is 29.0 Å². The van der Waals surface area contributed by atoms with Crippen LogP contribution in [0, 0.1) is 5.82 Å². The summed E-state index contributed by atoms with van der Waals surface area (Å²) in [4.78, 5) is 32.1. The summed E-state index contributed by atoms with van der Waals surface area (Å²) in [6.07, 6.45) is -2.73. The molecule has 0 saturated carbocycles. The highest BCUT2D eigenvalue weighted by Gasteiger charge is 2.45. The molecule has 0 radical (unpaired) electrons. The van der Waals surface area contributed by atoms with Crippen molar-refractivity contribution < 1.29 is 41.7 Å². The lowest BCUT2D eigenvalue weighted by molar-refractivity contribution is -0.180. The predicted octanol–water partition coefficient (Wildman–Crippen LogP) is 6.54. The first kappa shape index (κ1) is 33.7. The molecule has 2 bridgehead atoms. The molecular weight excluding hydrogens is 691 g/mol. The summed E-state index contributed by atoms with van der Waals surface area (Å²) in [5, 5.41) is 9.93. The maximum absolute atomic E-state index is 15.7. The fourth-order valence-electron chi connectivity index (χ4n) is 7.36. The Morgan fingerprint density at radius 3 is 2.33 bits per heavy atom. The summed E-state index contributed by atoms with van der Waals surface area (Å²) in [6, 6.07) is 8.92. The van der Waals surface area contributed by atoms with Crippen molar-refractivity contribution in [1.82, 2.24) is 9.80 Å². The highest BCUT2D eigenvalue weighted by atomic mass is 35.5. The lowest BCUT2D eigenvalue weighted by Gasteiger charge is -2.41. The number of para-hydroxylation sites is 1. The van der Waals surface area contributed by atoms with E-state index in [1.807, 2.05) is 4.90 Å². The van der Waals surface area contributed by atoms with E-state index in [0.717, 1.165) is 18.9 Å². The number of ether oxygens (including phenoxy) is 2. The molecule has 4 heterocycles. The van der Waals surface area contributed by atoms with E-state index in [2.05, 4.69) is 0 Å². The van der Waals surface area contributed by atoms with Gasteiger partial charge in [-0.3, -0.25) is 9.69 Å². The largest absolute Gasteiger partial charge is 0.478 e. The van der Waals surface area contributed by atoms with E-state index in [9.17, 15) is 27.9 Å². The van der Waals surface area contributed by atoms with Crippen LogP contribution < -0.4 is 14.5 Å². The second-order valence-corrected chi connectivity index (χ2v) is 13.6. The maximum Gasteiger partial charge on any atom is 0.405 e. The number of carbonyl (C=O) groups is 2. The Kier molecular flexibility index (Phi) is 8.83. The molecule has 1 amide bonds. The van der Waals surface area contributed by atoms with Gasteiger partial charge in [0.1, 0.15) is 17.6 Å². The average molecular weight is 724 g/mol. The molecule has 0 aromatic heterocycles. The number of aromatic carboxylic acids is 1. The number of alkyl halides is 3. The van der Waals surface area contributed by atoms with Crippen LogP contribution in [0.5, 0.6) is 5.75 Å². The number of morpholine rings is 1. The summed E-state index contributed by atoms with van der Waals surface area (Å²) in [6.45, 7) is 0.943. The van der Waals surface area contributed by atoms with Crippen LogP contribution in [0.4, 0.5) is 28.9 Å². The molecule has 3 aromatic carbocycles. The second kappa shape index (κ2) is 12.8. The van der Waals surface area contributed by atoms with Gasteiger partial charge in [-0.2, -0.15) is 13.2 Å². The van der Waals surface area contributed by atoms with Crippen molar-refractivity contribution in [3.05, 3.63) is 75.0 Å². The summed E-state index contributed by atoms with van der Waals surface area (Å²) >= 11 is 13.1. The zero-order chi connectivity index (χ0) is 34.8. The summed E-state index contributed by atoms with van der Waals surface area (Å²) in [5.74, 6) is -2.15. The lowest BCUT2D eigenvalue weighted by Crippen LogP contribution is -2.57. The maximum atomic E-state index is 15.7. The van der Waals surface area contributed by atoms with Crippen molar-refractivity contribution in [2.45, 2.75) is 43.7 Å². The number of piperazine rings is 1. The quantitative estimate of drug-likeness (QED) is 0.298. The Morgan fingerprint density at radius 2 is 1.67 bits per heavy atom. The van der Waals surface area contributed by atoms with Gasteiger partial charge in [0.25, 0.3) is 5.91 Å². The fraction of sp³-hybridized carbons (Fsp3) is 0.412. The number of carboxylic acids is 1. The number of anilines is 2. The van der Waals surface area contributed by atoms with Gasteiger partial charge in [0, 0.05) is 42.0 Å². The van der Waals surface area contributed by atoms with Crippen LogP contribution in [-0.2, 0) is 11.3 Å². The van der Waals surface area contributed by atoms with E-state index < -0.39 is 29.9 Å². The third kappa shape index (κ3) is 6.15. The number of nitrogens with zero attached hydrogens (tertiary/aromatic N) is 4. The first-order chi connectivity index (χ1) is 23.3. The molecule has 3 saturated heterocycles. The summed E-state index contributed by atoms with van der Waals surface area (Å²) in [7, 11) is 1.43. The average Bonchev–Trinajstić information content (AvgIpc) is 3.30. The Balaban J connectivity index is 1.15. The van der Waals surface area contributed by atoms with Gasteiger partial charge in [-0.25, -0.2) is 9.18 Å². The van der Waals surface area contributed by atoms with E-state index in [4.69, 9.17) is 32.7 Å². The number of rotatable bonds is 5. The number of likely N-dealkylation sites (N-methyl/N-ethyl adjacent to an activating group) is 1. The van der Waals surface area contributed by atoms with Gasteiger partial charge >= 0.3 is 12.1 Å². The molecule has 15 heteroatoms. The standard InChI is InChI=1S/C34H32Cl2F4N4O5/c1-41-7-8-42(14-29(41)34(38,39)40)21-9-25(35)30(26(36)10-21)32(45)43-13-18-3-2-4-22(31(18)49-17-43)23-12-28(24(33(46)47)11-27(23)37)44-19-5-6-20(44)16-48-15-19/h2-4,9-12,19-20,29H,5-8,13-17H2,1H3,(H,46,47). The molecule has 7 rings (SSSR count). The van der Waals surface area contributed by atoms with Crippen molar-refractivity contribution in [2.24, 2.45) is 0 Å². The summed E-state index contributed by atoms with van der Waals surface area (Å²) < 4.78 is 68.2. The molecule has 49 heavy (non-hydrogen) atoms. The topological polar surface area (TPSA) is 85.8 Å². The van der Waals surface area contributed by atoms with Gasteiger partial charge in [-0.1, -0.05) is 41.4 Å². The molecule has 9 nitrogen and oxygen atoms in total. The van der Waals surface area contributed by atoms with Crippen molar-refractivity contribution in [3.63, 3.8) is 0 Å². The number of carboxylic acid groups (broad SMARTS) is 1. The molecule has 3 aromatic rings. The Hall–Kier alpha value is -3.78. The van der Waals surface area contributed by atoms with Gasteiger partial charge < -0.3 is 29.3 Å². The number of carbonyl (C=O) groups excluding carboxylic acids is 1. The van der Waals surface area contributed by atoms with Crippen LogP contribution in [-0.4, -0.2) is 97.7 Å². The van der Waals surface area contributed by atoms with Crippen LogP contribution >= 0.6 is 23.2 Å². The zero-order valence-electron chi connectivity index (χ0n) is 26.3. The lowest BCUT2D eigenvalue weighted by atomic mass is 9.96. The van der Waals surface area contributed by atoms with Crippen molar-refractivity contribution in [3.8, 4) is 16.9 Å². The number of hydrogen-bond donors (Lipinski definition) is 1. The summed E-state index contributed by atoms with van der Waals surface area (Å²) in [5.41, 5.74) is 1.80. The monoisotopic (exact) mass is 722 g/mol. The van der Waals surface area contributed by atoms with Crippen LogP contribution in [0.15, 0.2) is 42.5 Å². The van der Waals surface area contributed by atoms with Gasteiger partial charge in [0.2, 0.25) is 0 Å². The first-order valence-corrected chi connectivity index (χ1v) is 16.6. The van der Waals surface area contributed by atoms with Gasteiger partial charge in [0.15, 0.2) is 6.73 Å². The number of halogens is 6. The Morgan fingerprint density at radius 1 is 0.980 bits per heavy atom. The number of amides is 1. The van der Waals surface area contributed by atoms with Crippen molar-refractivity contribution in [2.75, 3.05) is 56.4 Å². The predicted molar refractivity (Wildman–Crippen MR) is 175 cm³/mol. The third-order valence-electron chi connectivity index (χ3n) is 9.87. The van der Waals surface area contributed by atoms with E-state index in [1.54, 1.807) is 29.2 Å². The van der Waals surface area contributed by atoms with Crippen LogP contribution in [0.1, 0.15) is 39.1 Å². The van der Waals surface area contributed by atoms with E-state index in [0.29, 0.717) is 48.0 Å². The zero-order valence-corrected chi connectivity index (χ0v) is 27.8.